The molecule has 2 rings (SSSR count). The molecule has 20 heavy (non-hydrogen) atoms. The van der Waals surface area contributed by atoms with E-state index in [1.165, 1.54) is 31.5 Å². The SMILES string of the molecule is CCC(N)C(c1ccncc1)N(C)C1CCN(C)CC1. The van der Waals surface area contributed by atoms with Crippen molar-refractivity contribution in [3.8, 4) is 0 Å². The smallest absolute Gasteiger partial charge is 0.0500 e. The van der Waals surface area contributed by atoms with Gasteiger partial charge in [0.25, 0.3) is 0 Å². The Morgan fingerprint density at radius 2 is 1.95 bits per heavy atom. The molecule has 1 saturated heterocycles. The molecule has 0 radical (unpaired) electrons. The maximum absolute atomic E-state index is 6.41. The van der Waals surface area contributed by atoms with Crippen molar-refractivity contribution in [2.75, 3.05) is 27.2 Å². The van der Waals surface area contributed by atoms with Crippen LogP contribution in [-0.2, 0) is 0 Å². The van der Waals surface area contributed by atoms with Crippen LogP contribution in [0, 0.1) is 0 Å². The molecule has 0 aromatic carbocycles. The fraction of sp³-hybridized carbons (Fsp3) is 0.688. The molecule has 0 saturated carbocycles. The number of rotatable bonds is 5. The number of likely N-dealkylation sites (tertiary alicyclic amines) is 1. The first-order chi connectivity index (χ1) is 9.63. The zero-order valence-corrected chi connectivity index (χ0v) is 13.0. The lowest BCUT2D eigenvalue weighted by Crippen LogP contribution is -2.48. The topological polar surface area (TPSA) is 45.4 Å². The van der Waals surface area contributed by atoms with Crippen molar-refractivity contribution in [2.24, 2.45) is 5.73 Å². The van der Waals surface area contributed by atoms with Gasteiger partial charge in [-0.3, -0.25) is 9.88 Å². The Kier molecular flexibility index (Phi) is 5.52. The first-order valence-electron chi connectivity index (χ1n) is 7.69. The van der Waals surface area contributed by atoms with Crippen LogP contribution in [0.3, 0.4) is 0 Å². The second-order valence-electron chi connectivity index (χ2n) is 6.00. The molecular formula is C16H28N4. The molecule has 2 heterocycles. The van der Waals surface area contributed by atoms with Crippen LogP contribution in [0.25, 0.3) is 0 Å². The molecule has 4 nitrogen and oxygen atoms in total. The van der Waals surface area contributed by atoms with Gasteiger partial charge in [0.2, 0.25) is 0 Å². The number of hydrogen-bond acceptors (Lipinski definition) is 4. The van der Waals surface area contributed by atoms with Crippen LogP contribution < -0.4 is 5.73 Å². The maximum atomic E-state index is 6.41. The Morgan fingerprint density at radius 1 is 1.35 bits per heavy atom. The molecule has 0 spiro atoms. The van der Waals surface area contributed by atoms with Crippen molar-refractivity contribution >= 4 is 0 Å². The third-order valence-corrected chi connectivity index (χ3v) is 4.63. The summed E-state index contributed by atoms with van der Waals surface area (Å²) < 4.78 is 0. The van der Waals surface area contributed by atoms with Crippen LogP contribution in [0.1, 0.15) is 37.8 Å². The number of likely N-dealkylation sites (N-methyl/N-ethyl adjacent to an activating group) is 1. The molecule has 1 aliphatic heterocycles. The van der Waals surface area contributed by atoms with Gasteiger partial charge in [-0.05, 0) is 64.1 Å². The van der Waals surface area contributed by atoms with E-state index in [0.29, 0.717) is 6.04 Å². The predicted octanol–water partition coefficient (Wildman–Crippen LogP) is 1.89. The summed E-state index contributed by atoms with van der Waals surface area (Å²) in [7, 11) is 4.44. The van der Waals surface area contributed by atoms with Crippen LogP contribution >= 0.6 is 0 Å². The average molecular weight is 276 g/mol. The number of nitrogens with zero attached hydrogens (tertiary/aromatic N) is 3. The average Bonchev–Trinajstić information content (AvgIpc) is 2.49. The van der Waals surface area contributed by atoms with E-state index in [1.807, 2.05) is 12.4 Å². The second kappa shape index (κ2) is 7.16. The van der Waals surface area contributed by atoms with E-state index in [-0.39, 0.29) is 12.1 Å². The molecule has 2 N–H and O–H groups in total. The summed E-state index contributed by atoms with van der Waals surface area (Å²) in [5.41, 5.74) is 7.70. The van der Waals surface area contributed by atoms with Gasteiger partial charge in [-0.2, -0.15) is 0 Å². The fourth-order valence-corrected chi connectivity index (χ4v) is 3.20. The van der Waals surface area contributed by atoms with Crippen molar-refractivity contribution in [1.82, 2.24) is 14.8 Å². The summed E-state index contributed by atoms with van der Waals surface area (Å²) >= 11 is 0. The second-order valence-corrected chi connectivity index (χ2v) is 6.00. The van der Waals surface area contributed by atoms with E-state index in [2.05, 4.69) is 47.9 Å². The van der Waals surface area contributed by atoms with Gasteiger partial charge in [-0.1, -0.05) is 6.92 Å². The van der Waals surface area contributed by atoms with E-state index in [0.717, 1.165) is 6.42 Å². The van der Waals surface area contributed by atoms with E-state index in [4.69, 9.17) is 5.73 Å². The Labute approximate surface area is 123 Å². The third kappa shape index (κ3) is 3.57. The van der Waals surface area contributed by atoms with E-state index < -0.39 is 0 Å². The van der Waals surface area contributed by atoms with E-state index >= 15 is 0 Å². The van der Waals surface area contributed by atoms with Crippen molar-refractivity contribution in [1.29, 1.82) is 0 Å². The quantitative estimate of drug-likeness (QED) is 0.892. The lowest BCUT2D eigenvalue weighted by Gasteiger charge is -2.41. The molecule has 2 atom stereocenters. The summed E-state index contributed by atoms with van der Waals surface area (Å²) in [6.45, 7) is 4.53. The molecule has 4 heteroatoms. The maximum Gasteiger partial charge on any atom is 0.0500 e. The van der Waals surface area contributed by atoms with Crippen LogP contribution in [0.15, 0.2) is 24.5 Å². The Morgan fingerprint density at radius 3 is 2.50 bits per heavy atom. The fourth-order valence-electron chi connectivity index (χ4n) is 3.20. The van der Waals surface area contributed by atoms with Crippen LogP contribution in [0.2, 0.25) is 0 Å². The summed E-state index contributed by atoms with van der Waals surface area (Å²) in [6.07, 6.45) is 7.18. The number of hydrogen-bond donors (Lipinski definition) is 1. The van der Waals surface area contributed by atoms with E-state index in [9.17, 15) is 0 Å². The summed E-state index contributed by atoms with van der Waals surface area (Å²) in [5, 5.41) is 0. The molecule has 112 valence electrons. The minimum absolute atomic E-state index is 0.169. The first-order valence-corrected chi connectivity index (χ1v) is 7.69. The molecule has 2 unspecified atom stereocenters. The summed E-state index contributed by atoms with van der Waals surface area (Å²) in [6, 6.07) is 5.29. The first kappa shape index (κ1) is 15.4. The van der Waals surface area contributed by atoms with Gasteiger partial charge in [-0.25, -0.2) is 0 Å². The highest BCUT2D eigenvalue weighted by molar-refractivity contribution is 5.17. The largest absolute Gasteiger partial charge is 0.326 e. The molecule has 1 aromatic heterocycles. The minimum Gasteiger partial charge on any atom is -0.326 e. The molecule has 0 aliphatic carbocycles. The van der Waals surface area contributed by atoms with Gasteiger partial charge < -0.3 is 10.6 Å². The van der Waals surface area contributed by atoms with Gasteiger partial charge in [0.15, 0.2) is 0 Å². The van der Waals surface area contributed by atoms with Crippen LogP contribution in [-0.4, -0.2) is 54.1 Å². The van der Waals surface area contributed by atoms with Crippen LogP contribution in [0.4, 0.5) is 0 Å². The highest BCUT2D eigenvalue weighted by Crippen LogP contribution is 2.28. The standard InChI is InChI=1S/C16H28N4/c1-4-15(17)16(13-5-9-18-10-6-13)20(3)14-7-11-19(2)12-8-14/h5-6,9-10,14-16H,4,7-8,11-12,17H2,1-3H3. The lowest BCUT2D eigenvalue weighted by molar-refractivity contribution is 0.0934. The summed E-state index contributed by atoms with van der Waals surface area (Å²) in [5.74, 6) is 0. The van der Waals surface area contributed by atoms with Crippen molar-refractivity contribution in [3.05, 3.63) is 30.1 Å². The van der Waals surface area contributed by atoms with Gasteiger partial charge in [0, 0.05) is 30.5 Å². The van der Waals surface area contributed by atoms with Crippen LogP contribution in [0.5, 0.6) is 0 Å². The minimum atomic E-state index is 0.169. The van der Waals surface area contributed by atoms with Crippen molar-refractivity contribution in [3.63, 3.8) is 0 Å². The Balaban J connectivity index is 2.14. The molecule has 1 aromatic rings. The van der Waals surface area contributed by atoms with Crippen molar-refractivity contribution in [2.45, 2.75) is 44.3 Å². The zero-order valence-electron chi connectivity index (χ0n) is 13.0. The highest BCUT2D eigenvalue weighted by Gasteiger charge is 2.29. The lowest BCUT2D eigenvalue weighted by atomic mass is 9.93. The van der Waals surface area contributed by atoms with E-state index in [1.54, 1.807) is 0 Å². The molecule has 0 bridgehead atoms. The zero-order chi connectivity index (χ0) is 14.5. The number of pyridine rings is 1. The molecule has 0 amide bonds. The molecular weight excluding hydrogens is 248 g/mol. The van der Waals surface area contributed by atoms with Gasteiger partial charge in [-0.15, -0.1) is 0 Å². The number of aromatic nitrogens is 1. The van der Waals surface area contributed by atoms with Gasteiger partial charge in [0.1, 0.15) is 0 Å². The molecule has 1 aliphatic rings. The number of piperidine rings is 1. The normalized spacial score (nSPS) is 21.1. The monoisotopic (exact) mass is 276 g/mol. The van der Waals surface area contributed by atoms with Gasteiger partial charge >= 0.3 is 0 Å². The summed E-state index contributed by atoms with van der Waals surface area (Å²) in [4.78, 5) is 9.03. The predicted molar refractivity (Wildman–Crippen MR) is 83.5 cm³/mol. The number of nitrogens with two attached hydrogens (primary N) is 1. The van der Waals surface area contributed by atoms with Gasteiger partial charge in [0.05, 0.1) is 0 Å². The highest BCUT2D eigenvalue weighted by atomic mass is 15.2. The molecule has 1 fully saturated rings. The Hall–Kier alpha value is -0.970. The van der Waals surface area contributed by atoms with Crippen molar-refractivity contribution < 1.29 is 0 Å². The third-order valence-electron chi connectivity index (χ3n) is 4.63. The Bertz CT molecular complexity index is 387.